The van der Waals surface area contributed by atoms with Crippen LogP contribution in [0.25, 0.3) is 0 Å². The maximum Gasteiger partial charge on any atom is 0.147 e. The Bertz CT molecular complexity index is 548. The minimum Gasteiger partial charge on any atom is -0.384 e. The molecule has 1 heterocycles. The molecular weight excluding hydrogens is 353 g/mol. The van der Waals surface area contributed by atoms with Gasteiger partial charge in [0, 0.05) is 20.7 Å². The minimum atomic E-state index is -1.01. The van der Waals surface area contributed by atoms with E-state index in [1.165, 1.54) is 12.3 Å². The maximum atomic E-state index is 13.5. The number of halogens is 3. The number of pyridine rings is 1. The molecule has 0 aliphatic rings. The van der Waals surface area contributed by atoms with Crippen LogP contribution in [0.5, 0.6) is 0 Å². The molecule has 0 aliphatic heterocycles. The topological polar surface area (TPSA) is 33.1 Å². The van der Waals surface area contributed by atoms with Crippen molar-refractivity contribution in [3.63, 3.8) is 0 Å². The summed E-state index contributed by atoms with van der Waals surface area (Å²) < 4.78 is 15.1. The van der Waals surface area contributed by atoms with Gasteiger partial charge in [0.05, 0.1) is 6.20 Å². The average molecular weight is 361 g/mol. The van der Waals surface area contributed by atoms with Gasteiger partial charge in [-0.25, -0.2) is 4.39 Å². The molecule has 1 aromatic heterocycles. The fourth-order valence-corrected chi connectivity index (χ4v) is 2.76. The second kappa shape index (κ2) is 5.25. The van der Waals surface area contributed by atoms with Crippen LogP contribution in [-0.2, 0) is 0 Å². The highest BCUT2D eigenvalue weighted by atomic mass is 79.9. The molecule has 1 aromatic carbocycles. The second-order valence-corrected chi connectivity index (χ2v) is 5.24. The molecule has 2 rings (SSSR count). The lowest BCUT2D eigenvalue weighted by Gasteiger charge is -2.14. The maximum absolute atomic E-state index is 13.5. The van der Waals surface area contributed by atoms with E-state index in [-0.39, 0.29) is 5.56 Å². The molecule has 0 saturated heterocycles. The summed E-state index contributed by atoms with van der Waals surface area (Å²) in [4.78, 5) is 3.65. The van der Waals surface area contributed by atoms with Gasteiger partial charge in [-0.3, -0.25) is 4.98 Å². The Labute approximate surface area is 115 Å². The first-order valence-corrected chi connectivity index (χ1v) is 6.40. The van der Waals surface area contributed by atoms with Crippen LogP contribution in [0.1, 0.15) is 17.2 Å². The standard InChI is InChI=1S/C12H8Br2FNO/c13-7-1-2-8(10(14)5-7)12(17)9-3-4-16-6-11(9)15/h1-6,12,17H. The summed E-state index contributed by atoms with van der Waals surface area (Å²) in [6, 6.07) is 6.80. The molecule has 0 spiro atoms. The molecule has 2 aromatic rings. The second-order valence-electron chi connectivity index (χ2n) is 3.47. The lowest BCUT2D eigenvalue weighted by Crippen LogP contribution is -2.03. The smallest absolute Gasteiger partial charge is 0.147 e. The third-order valence-electron chi connectivity index (χ3n) is 2.36. The van der Waals surface area contributed by atoms with E-state index in [0.717, 1.165) is 15.1 Å². The number of rotatable bonds is 2. The highest BCUT2D eigenvalue weighted by Crippen LogP contribution is 2.31. The van der Waals surface area contributed by atoms with E-state index >= 15 is 0 Å². The van der Waals surface area contributed by atoms with Crippen molar-refractivity contribution in [1.29, 1.82) is 0 Å². The van der Waals surface area contributed by atoms with Crippen LogP contribution >= 0.6 is 31.9 Å². The molecule has 0 aliphatic carbocycles. The summed E-state index contributed by atoms with van der Waals surface area (Å²) in [6.07, 6.45) is 1.53. The molecule has 17 heavy (non-hydrogen) atoms. The van der Waals surface area contributed by atoms with Crippen molar-refractivity contribution in [3.8, 4) is 0 Å². The molecule has 0 bridgehead atoms. The summed E-state index contributed by atoms with van der Waals surface area (Å²) in [5.74, 6) is -0.519. The third-order valence-corrected chi connectivity index (χ3v) is 3.54. The summed E-state index contributed by atoms with van der Waals surface area (Å²) in [5.41, 5.74) is 0.821. The van der Waals surface area contributed by atoms with Crippen LogP contribution in [0.4, 0.5) is 4.39 Å². The summed E-state index contributed by atoms with van der Waals surface area (Å²) in [7, 11) is 0. The minimum absolute atomic E-state index is 0.211. The monoisotopic (exact) mass is 359 g/mol. The number of nitrogens with zero attached hydrogens (tertiary/aromatic N) is 1. The average Bonchev–Trinajstić information content (AvgIpc) is 2.29. The van der Waals surface area contributed by atoms with Gasteiger partial charge in [0.1, 0.15) is 11.9 Å². The first kappa shape index (κ1) is 12.7. The van der Waals surface area contributed by atoms with Gasteiger partial charge in [0.15, 0.2) is 0 Å². The zero-order chi connectivity index (χ0) is 12.4. The highest BCUT2D eigenvalue weighted by Gasteiger charge is 2.17. The SMILES string of the molecule is OC(c1ccncc1F)c1ccc(Br)cc1Br. The molecule has 0 fully saturated rings. The summed E-state index contributed by atoms with van der Waals surface area (Å²) in [5, 5.41) is 10.1. The van der Waals surface area contributed by atoms with Crippen molar-refractivity contribution < 1.29 is 9.50 Å². The zero-order valence-electron chi connectivity index (χ0n) is 8.57. The lowest BCUT2D eigenvalue weighted by molar-refractivity contribution is 0.214. The molecule has 5 heteroatoms. The van der Waals surface area contributed by atoms with Crippen molar-refractivity contribution >= 4 is 31.9 Å². The van der Waals surface area contributed by atoms with Crippen LogP contribution in [0.3, 0.4) is 0 Å². The number of hydrogen-bond donors (Lipinski definition) is 1. The Morgan fingerprint density at radius 1 is 1.18 bits per heavy atom. The van der Waals surface area contributed by atoms with Gasteiger partial charge in [-0.1, -0.05) is 37.9 Å². The van der Waals surface area contributed by atoms with E-state index in [1.807, 2.05) is 0 Å². The van der Waals surface area contributed by atoms with Gasteiger partial charge in [0.2, 0.25) is 0 Å². The summed E-state index contributed by atoms with van der Waals surface area (Å²) in [6.45, 7) is 0. The van der Waals surface area contributed by atoms with Gasteiger partial charge in [0.25, 0.3) is 0 Å². The molecule has 2 nitrogen and oxygen atoms in total. The molecule has 1 atom stereocenters. The normalized spacial score (nSPS) is 12.5. The number of aromatic nitrogens is 1. The van der Waals surface area contributed by atoms with Crippen molar-refractivity contribution in [2.75, 3.05) is 0 Å². The molecule has 1 unspecified atom stereocenters. The van der Waals surface area contributed by atoms with Gasteiger partial charge in [-0.15, -0.1) is 0 Å². The molecule has 88 valence electrons. The quantitative estimate of drug-likeness (QED) is 0.882. The Morgan fingerprint density at radius 2 is 1.94 bits per heavy atom. The van der Waals surface area contributed by atoms with Gasteiger partial charge in [-0.2, -0.15) is 0 Å². The molecular formula is C12H8Br2FNO. The van der Waals surface area contributed by atoms with Crippen LogP contribution in [0.15, 0.2) is 45.6 Å². The largest absolute Gasteiger partial charge is 0.384 e. The number of hydrogen-bond acceptors (Lipinski definition) is 2. The van der Waals surface area contributed by atoms with E-state index in [1.54, 1.807) is 18.2 Å². The molecule has 0 radical (unpaired) electrons. The number of benzene rings is 1. The third kappa shape index (κ3) is 2.73. The van der Waals surface area contributed by atoms with Gasteiger partial charge >= 0.3 is 0 Å². The fraction of sp³-hybridized carbons (Fsp3) is 0.0833. The Balaban J connectivity index is 2.44. The molecule has 0 amide bonds. The van der Waals surface area contributed by atoms with E-state index < -0.39 is 11.9 Å². The van der Waals surface area contributed by atoms with E-state index in [4.69, 9.17) is 0 Å². The van der Waals surface area contributed by atoms with Crippen molar-refractivity contribution in [2.24, 2.45) is 0 Å². The fourth-order valence-electron chi connectivity index (χ4n) is 1.50. The Morgan fingerprint density at radius 3 is 2.59 bits per heavy atom. The Kier molecular flexibility index (Phi) is 3.91. The van der Waals surface area contributed by atoms with Crippen LogP contribution in [0.2, 0.25) is 0 Å². The van der Waals surface area contributed by atoms with E-state index in [9.17, 15) is 9.50 Å². The molecule has 1 N–H and O–H groups in total. The van der Waals surface area contributed by atoms with Crippen molar-refractivity contribution in [2.45, 2.75) is 6.10 Å². The van der Waals surface area contributed by atoms with Crippen LogP contribution in [0, 0.1) is 5.82 Å². The first-order chi connectivity index (χ1) is 8.09. The summed E-state index contributed by atoms with van der Waals surface area (Å²) >= 11 is 6.66. The first-order valence-electron chi connectivity index (χ1n) is 4.82. The number of aliphatic hydroxyl groups is 1. The van der Waals surface area contributed by atoms with Crippen molar-refractivity contribution in [3.05, 3.63) is 62.5 Å². The van der Waals surface area contributed by atoms with Crippen LogP contribution in [-0.4, -0.2) is 10.1 Å². The van der Waals surface area contributed by atoms with Crippen molar-refractivity contribution in [1.82, 2.24) is 4.98 Å². The Hall–Kier alpha value is -0.780. The zero-order valence-corrected chi connectivity index (χ0v) is 11.7. The number of aliphatic hydroxyl groups excluding tert-OH is 1. The highest BCUT2D eigenvalue weighted by molar-refractivity contribution is 9.11. The van der Waals surface area contributed by atoms with Gasteiger partial charge < -0.3 is 5.11 Å². The lowest BCUT2D eigenvalue weighted by atomic mass is 10.0. The molecule has 0 saturated carbocycles. The van der Waals surface area contributed by atoms with Crippen LogP contribution < -0.4 is 0 Å². The van der Waals surface area contributed by atoms with E-state index in [0.29, 0.717) is 5.56 Å². The predicted molar refractivity (Wildman–Crippen MR) is 70.1 cm³/mol. The predicted octanol–water partition coefficient (Wildman–Crippen LogP) is 3.83. The van der Waals surface area contributed by atoms with E-state index in [2.05, 4.69) is 36.8 Å². The van der Waals surface area contributed by atoms with Gasteiger partial charge in [-0.05, 0) is 23.8 Å².